The highest BCUT2D eigenvalue weighted by Crippen LogP contribution is 2.26. The fourth-order valence-corrected chi connectivity index (χ4v) is 2.37. The van der Waals surface area contributed by atoms with E-state index >= 15 is 0 Å². The molecule has 0 atom stereocenters. The van der Waals surface area contributed by atoms with Crippen LogP contribution in [0.3, 0.4) is 0 Å². The average molecular weight is 279 g/mol. The van der Waals surface area contributed by atoms with E-state index in [1.54, 1.807) is 0 Å². The molecule has 0 spiro atoms. The van der Waals surface area contributed by atoms with Gasteiger partial charge in [-0.25, -0.2) is 0 Å². The van der Waals surface area contributed by atoms with Crippen LogP contribution >= 0.6 is 0 Å². The second-order valence-electron chi connectivity index (χ2n) is 4.92. The molecular weight excluding hydrogens is 258 g/mol. The van der Waals surface area contributed by atoms with Gasteiger partial charge >= 0.3 is 0 Å². The molecule has 7 heteroatoms. The van der Waals surface area contributed by atoms with E-state index in [-0.39, 0.29) is 11.8 Å². The highest BCUT2D eigenvalue weighted by molar-refractivity contribution is 5.88. The van der Waals surface area contributed by atoms with Gasteiger partial charge in [0.15, 0.2) is 0 Å². The quantitative estimate of drug-likeness (QED) is 0.625. The van der Waals surface area contributed by atoms with Gasteiger partial charge in [0, 0.05) is 0 Å². The molecule has 0 saturated heterocycles. The Labute approximate surface area is 118 Å². The maximum Gasteiger partial charge on any atom is 0.229 e. The van der Waals surface area contributed by atoms with Crippen LogP contribution in [0.2, 0.25) is 0 Å². The van der Waals surface area contributed by atoms with E-state index in [9.17, 15) is 0 Å². The maximum atomic E-state index is 5.81. The van der Waals surface area contributed by atoms with Crippen molar-refractivity contribution in [1.29, 1.82) is 0 Å². The van der Waals surface area contributed by atoms with Crippen molar-refractivity contribution >= 4 is 18.0 Å². The predicted molar refractivity (Wildman–Crippen MR) is 77.5 cm³/mol. The van der Waals surface area contributed by atoms with Gasteiger partial charge in [-0.15, -0.1) is 0 Å². The Bertz CT molecular complexity index is 472. The standard InChI is InChI=1S/C13H21N5O2/c1-19-16-7-10-11(14)17-13(15)18-12(10)20-8-9-5-3-2-4-6-9/h7,9H,2-6,8H2,1H3,(H4,14,15,17,18)/b16-7+. The summed E-state index contributed by atoms with van der Waals surface area (Å²) in [5, 5.41) is 3.68. The number of nitrogen functional groups attached to an aromatic ring is 2. The van der Waals surface area contributed by atoms with Crippen LogP contribution in [0.15, 0.2) is 5.16 Å². The van der Waals surface area contributed by atoms with Crippen LogP contribution in [0.5, 0.6) is 5.88 Å². The van der Waals surface area contributed by atoms with E-state index < -0.39 is 0 Å². The van der Waals surface area contributed by atoms with Crippen molar-refractivity contribution in [1.82, 2.24) is 9.97 Å². The van der Waals surface area contributed by atoms with E-state index in [1.165, 1.54) is 45.4 Å². The molecule has 110 valence electrons. The van der Waals surface area contributed by atoms with Crippen LogP contribution < -0.4 is 16.2 Å². The zero-order chi connectivity index (χ0) is 14.4. The molecule has 1 aliphatic carbocycles. The van der Waals surface area contributed by atoms with Crippen molar-refractivity contribution < 1.29 is 9.57 Å². The first kappa shape index (κ1) is 14.4. The molecule has 20 heavy (non-hydrogen) atoms. The molecule has 0 amide bonds. The smallest absolute Gasteiger partial charge is 0.229 e. The Morgan fingerprint density at radius 3 is 2.70 bits per heavy atom. The van der Waals surface area contributed by atoms with Gasteiger partial charge in [-0.3, -0.25) is 0 Å². The SMILES string of the molecule is CO/N=C/c1c(N)nc(N)nc1OCC1CCCCC1. The van der Waals surface area contributed by atoms with Gasteiger partial charge in [-0.1, -0.05) is 24.4 Å². The number of hydrogen-bond donors (Lipinski definition) is 2. The lowest BCUT2D eigenvalue weighted by Gasteiger charge is -2.21. The van der Waals surface area contributed by atoms with Crippen LogP contribution in [0.1, 0.15) is 37.7 Å². The molecule has 1 aromatic heterocycles. The fourth-order valence-electron chi connectivity index (χ4n) is 2.37. The van der Waals surface area contributed by atoms with Crippen molar-refractivity contribution in [2.24, 2.45) is 11.1 Å². The summed E-state index contributed by atoms with van der Waals surface area (Å²) in [6, 6.07) is 0. The number of ether oxygens (including phenoxy) is 1. The summed E-state index contributed by atoms with van der Waals surface area (Å²) < 4.78 is 5.78. The normalized spacial score (nSPS) is 16.4. The first-order chi connectivity index (χ1) is 9.70. The number of nitrogens with zero attached hydrogens (tertiary/aromatic N) is 3. The third kappa shape index (κ3) is 3.72. The van der Waals surface area contributed by atoms with Crippen LogP contribution in [0, 0.1) is 5.92 Å². The van der Waals surface area contributed by atoms with Crippen molar-refractivity contribution in [2.45, 2.75) is 32.1 Å². The monoisotopic (exact) mass is 279 g/mol. The van der Waals surface area contributed by atoms with E-state index in [2.05, 4.69) is 20.0 Å². The topological polar surface area (TPSA) is 109 Å². The second-order valence-corrected chi connectivity index (χ2v) is 4.92. The molecule has 2 rings (SSSR count). The van der Waals surface area contributed by atoms with Gasteiger partial charge in [-0.05, 0) is 18.8 Å². The molecule has 1 aromatic rings. The summed E-state index contributed by atoms with van der Waals surface area (Å²) in [5.74, 6) is 1.25. The molecule has 1 fully saturated rings. The number of aromatic nitrogens is 2. The van der Waals surface area contributed by atoms with Gasteiger partial charge in [0.25, 0.3) is 0 Å². The van der Waals surface area contributed by atoms with Gasteiger partial charge < -0.3 is 21.0 Å². The molecule has 0 aromatic carbocycles. The minimum atomic E-state index is 0.0933. The first-order valence-corrected chi connectivity index (χ1v) is 6.83. The molecule has 0 radical (unpaired) electrons. The molecule has 7 nitrogen and oxygen atoms in total. The number of anilines is 2. The van der Waals surface area contributed by atoms with Crippen molar-refractivity contribution in [3.8, 4) is 5.88 Å². The Balaban J connectivity index is 2.10. The minimum Gasteiger partial charge on any atom is -0.477 e. The minimum absolute atomic E-state index is 0.0933. The Kier molecular flexibility index (Phi) is 4.97. The van der Waals surface area contributed by atoms with E-state index in [0.717, 1.165) is 0 Å². The zero-order valence-corrected chi connectivity index (χ0v) is 11.7. The summed E-state index contributed by atoms with van der Waals surface area (Å²) in [5.41, 5.74) is 11.9. The van der Waals surface area contributed by atoms with E-state index in [1.807, 2.05) is 0 Å². The molecule has 1 heterocycles. The van der Waals surface area contributed by atoms with E-state index in [0.29, 0.717) is 24.0 Å². The third-order valence-corrected chi connectivity index (χ3v) is 3.43. The Hall–Kier alpha value is -2.05. The molecule has 0 aliphatic heterocycles. The van der Waals surface area contributed by atoms with Gasteiger partial charge in [0.05, 0.1) is 12.8 Å². The number of rotatable bonds is 5. The Morgan fingerprint density at radius 2 is 2.00 bits per heavy atom. The van der Waals surface area contributed by atoms with Crippen LogP contribution in [0.4, 0.5) is 11.8 Å². The lowest BCUT2D eigenvalue weighted by molar-refractivity contribution is 0.202. The van der Waals surface area contributed by atoms with Crippen LogP contribution in [0.25, 0.3) is 0 Å². The number of oxime groups is 1. The maximum absolute atomic E-state index is 5.81. The summed E-state index contributed by atoms with van der Waals surface area (Å²) in [6.45, 7) is 0.615. The average Bonchev–Trinajstić information content (AvgIpc) is 2.45. The van der Waals surface area contributed by atoms with Crippen molar-refractivity contribution in [3.05, 3.63) is 5.56 Å². The highest BCUT2D eigenvalue weighted by Gasteiger charge is 2.17. The second kappa shape index (κ2) is 6.93. The van der Waals surface area contributed by atoms with Crippen molar-refractivity contribution in [3.63, 3.8) is 0 Å². The van der Waals surface area contributed by atoms with Crippen molar-refractivity contribution in [2.75, 3.05) is 25.2 Å². The molecule has 1 saturated carbocycles. The summed E-state index contributed by atoms with van der Waals surface area (Å²) in [4.78, 5) is 12.6. The first-order valence-electron chi connectivity index (χ1n) is 6.83. The summed E-state index contributed by atoms with van der Waals surface area (Å²) >= 11 is 0. The van der Waals surface area contributed by atoms with Gasteiger partial charge in [-0.2, -0.15) is 9.97 Å². The molecule has 0 bridgehead atoms. The van der Waals surface area contributed by atoms with Crippen LogP contribution in [-0.2, 0) is 4.84 Å². The fraction of sp³-hybridized carbons (Fsp3) is 0.615. The molecule has 0 unspecified atom stereocenters. The number of hydrogen-bond acceptors (Lipinski definition) is 7. The lowest BCUT2D eigenvalue weighted by Crippen LogP contribution is -2.17. The zero-order valence-electron chi connectivity index (χ0n) is 11.7. The predicted octanol–water partition coefficient (Wildman–Crippen LogP) is 1.58. The molecule has 1 aliphatic rings. The summed E-state index contributed by atoms with van der Waals surface area (Å²) in [7, 11) is 1.45. The Morgan fingerprint density at radius 1 is 1.25 bits per heavy atom. The largest absolute Gasteiger partial charge is 0.477 e. The highest BCUT2D eigenvalue weighted by atomic mass is 16.6. The number of nitrogens with two attached hydrogens (primary N) is 2. The summed E-state index contributed by atoms with van der Waals surface area (Å²) in [6.07, 6.45) is 7.66. The van der Waals surface area contributed by atoms with Crippen LogP contribution in [-0.4, -0.2) is 29.9 Å². The molecular formula is C13H21N5O2. The van der Waals surface area contributed by atoms with E-state index in [4.69, 9.17) is 16.2 Å². The lowest BCUT2D eigenvalue weighted by atomic mass is 9.90. The van der Waals surface area contributed by atoms with Gasteiger partial charge in [0.2, 0.25) is 11.8 Å². The third-order valence-electron chi connectivity index (χ3n) is 3.43. The molecule has 4 N–H and O–H groups in total. The van der Waals surface area contributed by atoms with Gasteiger partial charge in [0.1, 0.15) is 18.5 Å².